The Morgan fingerprint density at radius 3 is 1.13 bits per heavy atom. The minimum absolute atomic E-state index is 0.0575. The van der Waals surface area contributed by atoms with Crippen LogP contribution in [-0.4, -0.2) is 44.7 Å². The topological polar surface area (TPSA) is 194 Å². The highest BCUT2D eigenvalue weighted by Crippen LogP contribution is 2.33. The van der Waals surface area contributed by atoms with Crippen LogP contribution in [0.2, 0.25) is 0 Å². The van der Waals surface area contributed by atoms with Crippen LogP contribution in [0.1, 0.15) is 143 Å². The van der Waals surface area contributed by atoms with E-state index in [2.05, 4.69) is 126 Å². The zero-order valence-electron chi connectivity index (χ0n) is 66.2. The van der Waals surface area contributed by atoms with E-state index in [4.69, 9.17) is 23.4 Å². The number of carbonyl (C=O) groups excluding carboxylic acids is 1. The van der Waals surface area contributed by atoms with E-state index in [1.807, 2.05) is 222 Å². The Balaban J connectivity index is 0.000000170. The van der Waals surface area contributed by atoms with Gasteiger partial charge in [-0.15, -0.1) is 0 Å². The number of ether oxygens (including phenoxy) is 4. The quantitative estimate of drug-likeness (QED) is 0.0163. The van der Waals surface area contributed by atoms with E-state index in [1.165, 1.54) is 69.0 Å². The minimum Gasteiger partial charge on any atom is -0.494 e. The first kappa shape index (κ1) is 83.1. The molecule has 0 fully saturated rings. The zero-order chi connectivity index (χ0) is 78.2. The predicted molar refractivity (Wildman–Crippen MR) is 449 cm³/mol. The van der Waals surface area contributed by atoms with Gasteiger partial charge in [0.15, 0.2) is 0 Å². The van der Waals surface area contributed by atoms with Crippen molar-refractivity contribution >= 4 is 51.5 Å². The second kappa shape index (κ2) is 45.8. The van der Waals surface area contributed by atoms with E-state index in [0.717, 1.165) is 148 Å². The van der Waals surface area contributed by atoms with Gasteiger partial charge in [0, 0.05) is 55.8 Å². The van der Waals surface area contributed by atoms with Crippen LogP contribution in [0.15, 0.2) is 301 Å². The van der Waals surface area contributed by atoms with E-state index in [1.54, 1.807) is 36.7 Å². The number of furan rings is 1. The lowest BCUT2D eigenvalue weighted by atomic mass is 10.0. The summed E-state index contributed by atoms with van der Waals surface area (Å²) in [5, 5.41) is 38.6. The van der Waals surface area contributed by atoms with Crippen LogP contribution < -0.4 is 18.9 Å². The number of rotatable bonds is 35. The van der Waals surface area contributed by atoms with E-state index in [-0.39, 0.29) is 11.9 Å². The van der Waals surface area contributed by atoms with Crippen LogP contribution in [0.5, 0.6) is 23.0 Å². The molecule has 8 aromatic carbocycles. The summed E-state index contributed by atoms with van der Waals surface area (Å²) in [6, 6.07) is 72.4. The fraction of sp³-hybridized carbons (Fsp3) is 0.312. The lowest BCUT2D eigenvalue weighted by Gasteiger charge is -2.15. The maximum atomic E-state index is 12.0. The monoisotopic (exact) mass is 1490 g/mol. The van der Waals surface area contributed by atoms with Gasteiger partial charge in [-0.05, 0) is 262 Å². The Morgan fingerprint density at radius 2 is 0.784 bits per heavy atom. The number of benzene rings is 8. The van der Waals surface area contributed by atoms with Gasteiger partial charge in [0.05, 0.1) is 83.2 Å². The summed E-state index contributed by atoms with van der Waals surface area (Å²) in [7, 11) is 4.07. The second-order valence-corrected chi connectivity index (χ2v) is 27.2. The average Bonchev–Trinajstić information content (AvgIpc) is 1.73. The van der Waals surface area contributed by atoms with Gasteiger partial charge in [-0.3, -0.25) is 4.79 Å². The maximum Gasteiger partial charge on any atom is 0.314 e. The summed E-state index contributed by atoms with van der Waals surface area (Å²) in [6.07, 6.45) is 25.7. The highest BCUT2D eigenvalue weighted by Gasteiger charge is 2.17. The molecule has 0 radical (unpaired) electrons. The molecule has 0 spiro atoms. The summed E-state index contributed by atoms with van der Waals surface area (Å²) < 4.78 is 34.3. The fourth-order valence-corrected chi connectivity index (χ4v) is 12.0. The summed E-state index contributed by atoms with van der Waals surface area (Å²) in [4.78, 5) is 12.0. The molecule has 0 aliphatic carbocycles. The molecule has 12 aromatic rings. The number of azo groups is 4. The Bertz CT molecular complexity index is 4710. The Hall–Kier alpha value is -11.9. The predicted octanol–water partition coefficient (Wildman–Crippen LogP) is 28.3. The summed E-state index contributed by atoms with van der Waals surface area (Å²) in [5.41, 5.74) is 15.4. The minimum atomic E-state index is -0.183. The van der Waals surface area contributed by atoms with Crippen molar-refractivity contribution in [3.8, 4) is 62.3 Å². The molecule has 0 N–H and O–H groups in total. The van der Waals surface area contributed by atoms with Gasteiger partial charge in [0.25, 0.3) is 0 Å². The van der Waals surface area contributed by atoms with Crippen LogP contribution in [-0.2, 0) is 18.9 Å². The van der Waals surface area contributed by atoms with Gasteiger partial charge in [0.1, 0.15) is 28.8 Å². The molecule has 0 saturated carbocycles. The van der Waals surface area contributed by atoms with E-state index >= 15 is 0 Å². The number of esters is 1. The molecule has 4 heterocycles. The van der Waals surface area contributed by atoms with E-state index in [0.29, 0.717) is 17.4 Å². The van der Waals surface area contributed by atoms with Gasteiger partial charge >= 0.3 is 5.97 Å². The van der Waals surface area contributed by atoms with Crippen molar-refractivity contribution in [2.75, 3.05) is 19.8 Å². The highest BCUT2D eigenvalue weighted by molar-refractivity contribution is 5.75. The SMILES string of the molecule is CCC(CC)C(=O)Oc1ccc(N=Nc2ccc(-c3cccn3C)cc2)cc1.CCCCC(CC)COc1ccc(N=Nc2ccc(-n3cccn3)cc2)cc1.CCCCCCOc1ccc(N=Nc2ccc(-c3c(C)coc3C)cc2)cc1.CCCCCCOc1ccc(N=Nc2ccc(-c3cccn3C)cc2)cc1. The number of aryl methyl sites for hydroxylation is 4. The van der Waals surface area contributed by atoms with E-state index in [9.17, 15) is 4.79 Å². The van der Waals surface area contributed by atoms with Crippen LogP contribution in [0.25, 0.3) is 39.3 Å². The number of aromatic nitrogens is 4. The van der Waals surface area contributed by atoms with Crippen molar-refractivity contribution in [3.05, 3.63) is 267 Å². The third kappa shape index (κ3) is 27.6. The molecule has 18 nitrogen and oxygen atoms in total. The molecule has 18 heteroatoms. The molecule has 1 unspecified atom stereocenters. The summed E-state index contributed by atoms with van der Waals surface area (Å²) in [6.45, 7) is 19.2. The number of nitrogens with zero attached hydrogens (tertiary/aromatic N) is 12. The average molecular weight is 1490 g/mol. The molecule has 0 aliphatic heterocycles. The van der Waals surface area contributed by atoms with Crippen molar-refractivity contribution in [1.82, 2.24) is 18.9 Å². The second-order valence-electron chi connectivity index (χ2n) is 27.2. The molecule has 111 heavy (non-hydrogen) atoms. The van der Waals surface area contributed by atoms with Gasteiger partial charge in [-0.25, -0.2) is 4.68 Å². The molecule has 12 rings (SSSR count). The number of unbranched alkanes of at least 4 members (excludes halogenated alkanes) is 7. The lowest BCUT2D eigenvalue weighted by Crippen LogP contribution is -2.19. The van der Waals surface area contributed by atoms with Crippen LogP contribution in [0.4, 0.5) is 45.5 Å². The third-order valence-electron chi connectivity index (χ3n) is 18.7. The smallest absolute Gasteiger partial charge is 0.314 e. The van der Waals surface area contributed by atoms with E-state index < -0.39 is 0 Å². The highest BCUT2D eigenvalue weighted by atomic mass is 16.5. The van der Waals surface area contributed by atoms with Gasteiger partial charge in [-0.2, -0.15) is 46.0 Å². The third-order valence-corrected chi connectivity index (χ3v) is 18.7. The number of hydrogen-bond donors (Lipinski definition) is 0. The fourth-order valence-electron chi connectivity index (χ4n) is 12.0. The maximum absolute atomic E-state index is 12.0. The zero-order valence-corrected chi connectivity index (χ0v) is 66.2. The lowest BCUT2D eigenvalue weighted by molar-refractivity contribution is -0.139. The number of hydrogen-bond acceptors (Lipinski definition) is 15. The molecule has 0 saturated heterocycles. The molecule has 576 valence electrons. The molecule has 4 aromatic heterocycles. The standard InChI is InChI=1S/C24H28N2O2.C23H28N4O.C23H25N3O2.C23H27N3O/c1-4-5-6-7-16-27-23-14-12-22(13-15-23)26-25-21-10-8-20(9-11-21)24-18(2)17-28-19(24)3;1-3-5-7-19(4-2)18-28-23-14-10-21(11-15-23)26-25-20-8-12-22(13-9-20)27-17-6-16-24-27;1-4-17(5-2)23(27)28-21-14-12-20(13-15-21)25-24-19-10-8-18(9-11-19)22-7-6-16-26(22)3;1-3-4-5-6-18-27-22-15-13-21(14-16-22)25-24-20-11-9-19(10-12-20)23-8-7-17-26(23)2/h8-15,17H,4-7,16H2,1-3H3;6,8-17,19H,3-5,7,18H2,1-2H3;6-17H,4-5H2,1-3H3;7-17H,3-6,18H2,1-2H3. The van der Waals surface area contributed by atoms with Gasteiger partial charge < -0.3 is 32.5 Å². The van der Waals surface area contributed by atoms with Crippen LogP contribution >= 0.6 is 0 Å². The Labute approximate surface area is 656 Å². The van der Waals surface area contributed by atoms with Crippen LogP contribution in [0, 0.1) is 25.7 Å². The molecular formula is C93H108N12O6. The normalized spacial score (nSPS) is 11.5. The summed E-state index contributed by atoms with van der Waals surface area (Å²) >= 11 is 0. The summed E-state index contributed by atoms with van der Waals surface area (Å²) in [5.74, 6) is 4.50. The van der Waals surface area contributed by atoms with Crippen molar-refractivity contribution in [1.29, 1.82) is 0 Å². The molecule has 0 bridgehead atoms. The largest absolute Gasteiger partial charge is 0.494 e. The van der Waals surface area contributed by atoms with Gasteiger partial charge in [0.2, 0.25) is 0 Å². The van der Waals surface area contributed by atoms with Crippen molar-refractivity contribution in [3.63, 3.8) is 0 Å². The molecular weight excluding hydrogens is 1380 g/mol. The molecule has 1 atom stereocenters. The Morgan fingerprint density at radius 1 is 0.405 bits per heavy atom. The molecule has 0 amide bonds. The first-order chi connectivity index (χ1) is 54.3. The van der Waals surface area contributed by atoms with Crippen LogP contribution in [0.3, 0.4) is 0 Å². The van der Waals surface area contributed by atoms with Crippen molar-refractivity contribution in [2.45, 2.75) is 145 Å². The first-order valence-corrected chi connectivity index (χ1v) is 39.2. The van der Waals surface area contributed by atoms with Crippen molar-refractivity contribution in [2.24, 2.45) is 66.8 Å². The number of carbonyl (C=O) groups is 1. The Kier molecular flexibility index (Phi) is 34.3. The first-order valence-electron chi connectivity index (χ1n) is 39.2. The van der Waals surface area contributed by atoms with Crippen molar-refractivity contribution < 1.29 is 28.2 Å². The molecule has 0 aliphatic rings. The van der Waals surface area contributed by atoms with Gasteiger partial charge in [-0.1, -0.05) is 136 Å².